The van der Waals surface area contributed by atoms with Gasteiger partial charge in [0.15, 0.2) is 5.78 Å². The van der Waals surface area contributed by atoms with Crippen LogP contribution >= 0.6 is 0 Å². The van der Waals surface area contributed by atoms with E-state index < -0.39 is 11.9 Å². The molecule has 2 aliphatic rings. The topological polar surface area (TPSA) is 43.4 Å². The summed E-state index contributed by atoms with van der Waals surface area (Å²) in [6.45, 7) is 0. The fraction of sp³-hybridized carbons (Fsp3) is 0.161. The first-order chi connectivity index (χ1) is 16.7. The zero-order valence-corrected chi connectivity index (χ0v) is 18.7. The summed E-state index contributed by atoms with van der Waals surface area (Å²) < 4.78 is 5.63. The van der Waals surface area contributed by atoms with Crippen molar-refractivity contribution in [2.24, 2.45) is 5.92 Å². The van der Waals surface area contributed by atoms with Crippen molar-refractivity contribution in [1.29, 1.82) is 0 Å². The zero-order chi connectivity index (χ0) is 23.1. The van der Waals surface area contributed by atoms with Gasteiger partial charge in [-0.1, -0.05) is 91.0 Å². The van der Waals surface area contributed by atoms with Gasteiger partial charge in [-0.3, -0.25) is 9.59 Å². The minimum absolute atomic E-state index is 0.133. The molecule has 6 rings (SSSR count). The summed E-state index contributed by atoms with van der Waals surface area (Å²) in [7, 11) is 0. The lowest BCUT2D eigenvalue weighted by Gasteiger charge is -2.36. The van der Waals surface area contributed by atoms with Crippen molar-refractivity contribution in [3.63, 3.8) is 0 Å². The Bertz CT molecular complexity index is 1370. The molecular formula is C31H24O3. The van der Waals surface area contributed by atoms with Crippen molar-refractivity contribution in [1.82, 2.24) is 0 Å². The first-order valence-corrected chi connectivity index (χ1v) is 11.8. The smallest absolute Gasteiger partial charge is 0.322 e. The molecule has 3 unspecified atom stereocenters. The number of rotatable bonds is 3. The largest absolute Gasteiger partial charge is 0.425 e. The van der Waals surface area contributed by atoms with Crippen LogP contribution < -0.4 is 4.74 Å². The Morgan fingerprint density at radius 2 is 1.35 bits per heavy atom. The van der Waals surface area contributed by atoms with Gasteiger partial charge in [0.05, 0.1) is 5.56 Å². The van der Waals surface area contributed by atoms with Crippen LogP contribution in [0.3, 0.4) is 0 Å². The summed E-state index contributed by atoms with van der Waals surface area (Å²) in [5.74, 6) is -1.01. The number of hydrogen-bond acceptors (Lipinski definition) is 3. The number of esters is 1. The lowest BCUT2D eigenvalue weighted by atomic mass is 9.67. The third-order valence-corrected chi connectivity index (χ3v) is 7.25. The second-order valence-corrected chi connectivity index (χ2v) is 9.19. The lowest BCUT2D eigenvalue weighted by molar-refractivity contribution is -0.138. The van der Waals surface area contributed by atoms with E-state index in [1.165, 1.54) is 22.3 Å². The zero-order valence-electron chi connectivity index (χ0n) is 18.7. The van der Waals surface area contributed by atoms with E-state index in [1.54, 1.807) is 18.2 Å². The minimum Gasteiger partial charge on any atom is -0.425 e. The van der Waals surface area contributed by atoms with Crippen molar-refractivity contribution in [3.8, 4) is 16.9 Å². The fourth-order valence-electron chi connectivity index (χ4n) is 5.56. The van der Waals surface area contributed by atoms with Crippen LogP contribution in [0.2, 0.25) is 0 Å². The first kappa shape index (κ1) is 20.6. The molecule has 1 aliphatic heterocycles. The molecule has 1 heterocycles. The molecule has 0 radical (unpaired) electrons. The van der Waals surface area contributed by atoms with Crippen molar-refractivity contribution in [2.45, 2.75) is 24.7 Å². The van der Waals surface area contributed by atoms with Crippen LogP contribution in [0.4, 0.5) is 0 Å². The summed E-state index contributed by atoms with van der Waals surface area (Å²) in [5, 5.41) is 0. The molecule has 0 N–H and O–H groups in total. The molecule has 0 saturated carbocycles. The normalized spacial score (nSPS) is 21.4. The van der Waals surface area contributed by atoms with Crippen molar-refractivity contribution in [3.05, 3.63) is 125 Å². The third-order valence-electron chi connectivity index (χ3n) is 7.25. The maximum atomic E-state index is 13.5. The van der Waals surface area contributed by atoms with Crippen LogP contribution in [-0.2, 0) is 11.2 Å². The molecule has 0 saturated heterocycles. The summed E-state index contributed by atoms with van der Waals surface area (Å²) in [4.78, 5) is 26.6. The average molecular weight is 445 g/mol. The van der Waals surface area contributed by atoms with Gasteiger partial charge < -0.3 is 4.74 Å². The van der Waals surface area contributed by atoms with E-state index in [0.717, 1.165) is 18.4 Å². The summed E-state index contributed by atoms with van der Waals surface area (Å²) in [6.07, 6.45) is 1.62. The summed E-state index contributed by atoms with van der Waals surface area (Å²) in [6, 6.07) is 34.3. The monoisotopic (exact) mass is 444 g/mol. The van der Waals surface area contributed by atoms with Crippen LogP contribution in [0.5, 0.6) is 5.75 Å². The van der Waals surface area contributed by atoms with E-state index in [-0.39, 0.29) is 17.6 Å². The van der Waals surface area contributed by atoms with Gasteiger partial charge in [0.2, 0.25) is 0 Å². The molecule has 4 aromatic carbocycles. The van der Waals surface area contributed by atoms with Crippen LogP contribution in [0.25, 0.3) is 11.1 Å². The maximum Gasteiger partial charge on any atom is 0.322 e. The Morgan fingerprint density at radius 3 is 2.18 bits per heavy atom. The Kier molecular flexibility index (Phi) is 5.10. The number of hydrogen-bond donors (Lipinski definition) is 0. The molecule has 4 aromatic rings. The second kappa shape index (κ2) is 8.42. The summed E-state index contributed by atoms with van der Waals surface area (Å²) >= 11 is 0. The predicted molar refractivity (Wildman–Crippen MR) is 132 cm³/mol. The average Bonchev–Trinajstić information content (AvgIpc) is 2.89. The second-order valence-electron chi connectivity index (χ2n) is 9.19. The minimum atomic E-state index is -0.817. The van der Waals surface area contributed by atoms with Gasteiger partial charge in [-0.15, -0.1) is 0 Å². The highest BCUT2D eigenvalue weighted by atomic mass is 16.5. The number of benzene rings is 4. The lowest BCUT2D eigenvalue weighted by Crippen LogP contribution is -2.39. The van der Waals surface area contributed by atoms with E-state index in [9.17, 15) is 9.59 Å². The number of fused-ring (bicyclic) bond motifs is 2. The molecule has 3 atom stereocenters. The number of carbonyl (C=O) groups excluding carboxylic acids is 2. The molecule has 3 heteroatoms. The SMILES string of the molecule is O=C1Oc2ccccc2C(=O)C1C1CC(c2ccc(-c3ccccc3)cc2)Cc2ccccc21. The summed E-state index contributed by atoms with van der Waals surface area (Å²) in [5.41, 5.74) is 6.40. The molecule has 3 nitrogen and oxygen atoms in total. The van der Waals surface area contributed by atoms with Gasteiger partial charge in [0.1, 0.15) is 11.7 Å². The standard InChI is InChI=1S/C31H24O3/c32-30-26-12-6-7-13-28(26)34-31(33)29(30)27-19-24(18-23-10-4-5-11-25(23)27)22-16-14-21(15-17-22)20-8-2-1-3-9-20/h1-17,24,27,29H,18-19H2. The molecule has 0 amide bonds. The number of ether oxygens (including phenoxy) is 1. The molecule has 0 bridgehead atoms. The van der Waals surface area contributed by atoms with Gasteiger partial charge in [0, 0.05) is 5.92 Å². The quantitative estimate of drug-likeness (QED) is 0.203. The Labute approximate surface area is 199 Å². The number of ketones is 1. The number of para-hydroxylation sites is 1. The van der Waals surface area contributed by atoms with Crippen molar-refractivity contribution >= 4 is 11.8 Å². The van der Waals surface area contributed by atoms with Crippen molar-refractivity contribution in [2.75, 3.05) is 0 Å². The molecular weight excluding hydrogens is 420 g/mol. The number of carbonyl (C=O) groups is 2. The molecule has 0 fully saturated rings. The van der Waals surface area contributed by atoms with Gasteiger partial charge in [0.25, 0.3) is 0 Å². The van der Waals surface area contributed by atoms with Crippen LogP contribution in [0.15, 0.2) is 103 Å². The third kappa shape index (κ3) is 3.54. The highest BCUT2D eigenvalue weighted by Crippen LogP contribution is 2.46. The van der Waals surface area contributed by atoms with E-state index >= 15 is 0 Å². The molecule has 0 aromatic heterocycles. The van der Waals surface area contributed by atoms with Gasteiger partial charge >= 0.3 is 5.97 Å². The van der Waals surface area contributed by atoms with Crippen molar-refractivity contribution < 1.29 is 14.3 Å². The van der Waals surface area contributed by atoms with E-state index in [2.05, 4.69) is 48.5 Å². The Morgan fingerprint density at radius 1 is 0.676 bits per heavy atom. The number of Topliss-reactive ketones (excluding diaryl/α,β-unsaturated/α-hetero) is 1. The Balaban J connectivity index is 1.35. The van der Waals surface area contributed by atoms with Gasteiger partial charge in [-0.2, -0.15) is 0 Å². The molecule has 34 heavy (non-hydrogen) atoms. The molecule has 1 aliphatic carbocycles. The van der Waals surface area contributed by atoms with E-state index in [0.29, 0.717) is 11.3 Å². The highest BCUT2D eigenvalue weighted by molar-refractivity contribution is 6.14. The maximum absolute atomic E-state index is 13.5. The Hall–Kier alpha value is -3.98. The first-order valence-electron chi connectivity index (χ1n) is 11.8. The van der Waals surface area contributed by atoms with E-state index in [4.69, 9.17) is 4.74 Å². The fourth-order valence-corrected chi connectivity index (χ4v) is 5.56. The predicted octanol–water partition coefficient (Wildman–Crippen LogP) is 6.59. The van der Waals surface area contributed by atoms with Crippen LogP contribution in [0.1, 0.15) is 45.3 Å². The van der Waals surface area contributed by atoms with Gasteiger partial charge in [-0.05, 0) is 58.7 Å². The van der Waals surface area contributed by atoms with Crippen LogP contribution in [0, 0.1) is 5.92 Å². The van der Waals surface area contributed by atoms with Crippen LogP contribution in [-0.4, -0.2) is 11.8 Å². The molecule has 0 spiro atoms. The van der Waals surface area contributed by atoms with E-state index in [1.807, 2.05) is 36.4 Å². The highest BCUT2D eigenvalue weighted by Gasteiger charge is 2.45. The molecule has 166 valence electrons. The van der Waals surface area contributed by atoms with Gasteiger partial charge in [-0.25, -0.2) is 0 Å².